The molecule has 0 aliphatic carbocycles. The van der Waals surface area contributed by atoms with Crippen molar-refractivity contribution in [1.82, 2.24) is 0 Å². The zero-order valence-electron chi connectivity index (χ0n) is 8.20. The van der Waals surface area contributed by atoms with Crippen LogP contribution in [-0.4, -0.2) is 156 Å². The normalized spacial score (nSPS) is 3.11. The van der Waals surface area contributed by atoms with Crippen LogP contribution in [0.4, 0.5) is 0 Å². The van der Waals surface area contributed by atoms with Crippen LogP contribution in [-0.2, 0) is 4.57 Å². The molecule has 0 unspecified atom stereocenters. The molecule has 0 aliphatic rings. The summed E-state index contributed by atoms with van der Waals surface area (Å²) in [7, 11) is -4.64. The monoisotopic (exact) mass is 398 g/mol. The topological polar surface area (TPSA) is 456 Å². The first-order chi connectivity index (χ1) is 2.00. The fraction of sp³-hybridized carbons (Fsp3) is 0. The van der Waals surface area contributed by atoms with Gasteiger partial charge in [0.1, 0.15) is 0 Å². The molecular formula is H31Ca2O16P. The van der Waals surface area contributed by atoms with Crippen LogP contribution in [0.1, 0.15) is 0 Å². The number of rotatable bonds is 0. The van der Waals surface area contributed by atoms with E-state index in [0.29, 0.717) is 0 Å². The predicted octanol–water partition coefficient (Wildman–Crippen LogP) is -12.7. The average Bonchev–Trinajstić information content (AvgIpc) is 0.722. The van der Waals surface area contributed by atoms with Crippen molar-refractivity contribution in [2.45, 2.75) is 0 Å². The van der Waals surface area contributed by atoms with Crippen molar-refractivity contribution in [3.8, 4) is 0 Å². The molecule has 19 heavy (non-hydrogen) atoms. The van der Waals surface area contributed by atoms with Gasteiger partial charge >= 0.3 is 83.3 Å². The first-order valence-electron chi connectivity index (χ1n) is 0.783. The van der Waals surface area contributed by atoms with Crippen LogP contribution in [0.5, 0.6) is 0 Å². The van der Waals surface area contributed by atoms with E-state index in [1.807, 2.05) is 0 Å². The fourth-order valence-electron chi connectivity index (χ4n) is 0. The van der Waals surface area contributed by atoms with Crippen molar-refractivity contribution in [2.75, 3.05) is 0 Å². The molecule has 19 heteroatoms. The quantitative estimate of drug-likeness (QED) is 0.264. The van der Waals surface area contributed by atoms with Gasteiger partial charge in [-0.1, -0.05) is 0 Å². The molecule has 0 spiro atoms. The van der Waals surface area contributed by atoms with Crippen molar-refractivity contribution in [1.29, 1.82) is 0 Å². The van der Waals surface area contributed by atoms with Gasteiger partial charge in [0.2, 0.25) is 0 Å². The van der Waals surface area contributed by atoms with E-state index in [-0.39, 0.29) is 141 Å². The van der Waals surface area contributed by atoms with Crippen molar-refractivity contribution in [3.05, 3.63) is 0 Å². The van der Waals surface area contributed by atoms with E-state index < -0.39 is 7.82 Å². The Bertz CT molecular complexity index is 60.9. The molecule has 0 aromatic rings. The van der Waals surface area contributed by atoms with E-state index in [9.17, 15) is 0 Å². The third-order valence-corrected chi connectivity index (χ3v) is 0. The SMILES string of the molecule is O.O.O.O.O.O.O.O.O.O.O.O.O=P(O)(O)O.[CaH2].[CaH2]. The third-order valence-electron chi connectivity index (χ3n) is 0. The van der Waals surface area contributed by atoms with Crippen LogP contribution in [0.2, 0.25) is 0 Å². The molecule has 0 rings (SSSR count). The molecule has 0 atom stereocenters. The van der Waals surface area contributed by atoms with Gasteiger partial charge in [0.05, 0.1) is 0 Å². The van der Waals surface area contributed by atoms with Gasteiger partial charge in [0.15, 0.2) is 0 Å². The van der Waals surface area contributed by atoms with E-state index >= 15 is 0 Å². The van der Waals surface area contributed by atoms with Crippen LogP contribution in [0.15, 0.2) is 0 Å². The first-order valence-corrected chi connectivity index (χ1v) is 2.35. The van der Waals surface area contributed by atoms with Crippen LogP contribution in [0, 0.1) is 0 Å². The van der Waals surface area contributed by atoms with E-state index in [1.165, 1.54) is 0 Å². The maximum absolute atomic E-state index is 8.88. The van der Waals surface area contributed by atoms with Crippen LogP contribution < -0.4 is 0 Å². The van der Waals surface area contributed by atoms with E-state index in [0.717, 1.165) is 0 Å². The van der Waals surface area contributed by atoms with Gasteiger partial charge in [-0.05, 0) is 0 Å². The zero-order valence-corrected chi connectivity index (χ0v) is 9.09. The number of phosphoric acid groups is 1. The summed E-state index contributed by atoms with van der Waals surface area (Å²) in [5.74, 6) is 0. The minimum absolute atomic E-state index is 0. The summed E-state index contributed by atoms with van der Waals surface area (Å²) < 4.78 is 8.88. The van der Waals surface area contributed by atoms with Crippen LogP contribution in [0.25, 0.3) is 0 Å². The molecule has 136 valence electrons. The summed E-state index contributed by atoms with van der Waals surface area (Å²) in [5, 5.41) is 0. The summed E-state index contributed by atoms with van der Waals surface area (Å²) in [5.41, 5.74) is 0. The zero-order chi connectivity index (χ0) is 4.50. The van der Waals surface area contributed by atoms with Gasteiger partial charge in [-0.15, -0.1) is 0 Å². The van der Waals surface area contributed by atoms with Gasteiger partial charge in [-0.3, -0.25) is 0 Å². The number of hydrogen-bond acceptors (Lipinski definition) is 1. The number of hydrogen-bond donors (Lipinski definition) is 3. The van der Waals surface area contributed by atoms with Gasteiger partial charge in [0, 0.05) is 0 Å². The summed E-state index contributed by atoms with van der Waals surface area (Å²) in [6.45, 7) is 0. The molecule has 0 heterocycles. The van der Waals surface area contributed by atoms with E-state index in [4.69, 9.17) is 19.2 Å². The third kappa shape index (κ3) is 1440. The fourth-order valence-corrected chi connectivity index (χ4v) is 0. The standard InChI is InChI=1S/2Ca.H3O4P.12H2O.4H/c;;1-5(2,3)4;;;;;;;;;;;;;;;;/h;;(H3,1,2,3,4);12*1H2;;;;. The van der Waals surface area contributed by atoms with Crippen LogP contribution >= 0.6 is 7.82 Å². The molecule has 0 radical (unpaired) electrons. The Hall–Kier alpha value is 2.15. The molecule has 0 aromatic heterocycles. The molecule has 0 fully saturated rings. The molecule has 0 bridgehead atoms. The van der Waals surface area contributed by atoms with Crippen molar-refractivity contribution in [3.63, 3.8) is 0 Å². The van der Waals surface area contributed by atoms with Gasteiger partial charge in [0.25, 0.3) is 0 Å². The molecule has 0 aliphatic heterocycles. The van der Waals surface area contributed by atoms with E-state index in [2.05, 4.69) is 0 Å². The molecule has 0 aromatic carbocycles. The molecule has 0 saturated carbocycles. The molecular weight excluding hydrogens is 367 g/mol. The van der Waals surface area contributed by atoms with Gasteiger partial charge in [-0.2, -0.15) is 0 Å². The average molecular weight is 398 g/mol. The van der Waals surface area contributed by atoms with Gasteiger partial charge in [-0.25, -0.2) is 4.57 Å². The first kappa shape index (κ1) is 227. The Balaban J connectivity index is -0.000000000879. The Labute approximate surface area is 166 Å². The molecule has 0 amide bonds. The maximum atomic E-state index is 8.88. The predicted molar refractivity (Wildman–Crippen MR) is 74.7 cm³/mol. The Morgan fingerprint density at radius 1 is 0.421 bits per heavy atom. The molecule has 27 N–H and O–H groups in total. The molecule has 0 saturated heterocycles. The van der Waals surface area contributed by atoms with Crippen molar-refractivity contribution in [2.24, 2.45) is 0 Å². The second-order valence-corrected chi connectivity index (χ2v) is 1.54. The summed E-state index contributed by atoms with van der Waals surface area (Å²) in [6.07, 6.45) is 0. The van der Waals surface area contributed by atoms with Crippen molar-refractivity contribution < 1.29 is 85.0 Å². The van der Waals surface area contributed by atoms with E-state index in [1.54, 1.807) is 0 Å². The Morgan fingerprint density at radius 2 is 0.421 bits per heavy atom. The minimum atomic E-state index is -4.64. The van der Waals surface area contributed by atoms with Crippen molar-refractivity contribution >= 4 is 83.3 Å². The molecule has 16 nitrogen and oxygen atoms in total. The second-order valence-electron chi connectivity index (χ2n) is 0.513. The summed E-state index contributed by atoms with van der Waals surface area (Å²) in [6, 6.07) is 0. The second kappa shape index (κ2) is 111. The summed E-state index contributed by atoms with van der Waals surface area (Å²) >= 11 is 0. The van der Waals surface area contributed by atoms with Gasteiger partial charge < -0.3 is 80.4 Å². The Morgan fingerprint density at radius 3 is 0.421 bits per heavy atom. The summed E-state index contributed by atoms with van der Waals surface area (Å²) in [4.78, 5) is 21.6. The van der Waals surface area contributed by atoms with Crippen LogP contribution in [0.3, 0.4) is 0 Å². The Kier molecular flexibility index (Phi) is 1330.